The Labute approximate surface area is 128 Å². The van der Waals surface area contributed by atoms with Crippen LogP contribution in [0.1, 0.15) is 11.7 Å². The van der Waals surface area contributed by atoms with Gasteiger partial charge in [0.1, 0.15) is 13.2 Å². The second-order valence-electron chi connectivity index (χ2n) is 4.09. The highest BCUT2D eigenvalue weighted by Gasteiger charge is 2.27. The lowest BCUT2D eigenvalue weighted by molar-refractivity contribution is -0.175. The van der Waals surface area contributed by atoms with Crippen LogP contribution in [0.5, 0.6) is 0 Å². The molecule has 0 saturated heterocycles. The minimum absolute atomic E-state index is 0.213. The van der Waals surface area contributed by atoms with Crippen molar-refractivity contribution in [3.8, 4) is 0 Å². The molecule has 0 spiro atoms. The molecule has 118 valence electrons. The molecule has 0 fully saturated rings. The van der Waals surface area contributed by atoms with E-state index >= 15 is 0 Å². The third kappa shape index (κ3) is 6.99. The number of carbonyl (C=O) groups excluding carboxylic acids is 1. The van der Waals surface area contributed by atoms with Gasteiger partial charge in [0.15, 0.2) is 0 Å². The first-order valence-electron chi connectivity index (χ1n) is 5.73. The van der Waals surface area contributed by atoms with Crippen LogP contribution < -0.4 is 5.32 Å². The smallest absolute Gasteiger partial charge is 0.387 e. The van der Waals surface area contributed by atoms with Crippen LogP contribution in [-0.2, 0) is 9.53 Å². The molecule has 0 aliphatic heterocycles. The summed E-state index contributed by atoms with van der Waals surface area (Å²) in [5, 5.41) is 12.7. The molecule has 0 aliphatic rings. The van der Waals surface area contributed by atoms with Crippen LogP contribution in [0.15, 0.2) is 18.2 Å². The monoisotopic (exact) mass is 345 g/mol. The van der Waals surface area contributed by atoms with Crippen molar-refractivity contribution in [1.29, 1.82) is 0 Å². The van der Waals surface area contributed by atoms with E-state index in [1.807, 2.05) is 0 Å². The molecule has 9 heteroatoms. The molecule has 1 rings (SSSR count). The van der Waals surface area contributed by atoms with Crippen LogP contribution in [0.3, 0.4) is 0 Å². The number of hydrogen-bond acceptors (Lipinski definition) is 3. The summed E-state index contributed by atoms with van der Waals surface area (Å²) >= 11 is 11.6. The number of carbonyl (C=O) groups is 1. The van der Waals surface area contributed by atoms with E-state index in [1.165, 1.54) is 18.2 Å². The Bertz CT molecular complexity index is 497. The van der Waals surface area contributed by atoms with Crippen molar-refractivity contribution in [2.75, 3.05) is 19.8 Å². The largest absolute Gasteiger partial charge is 0.411 e. The number of hydrogen-bond donors (Lipinski definition) is 2. The number of amides is 1. The van der Waals surface area contributed by atoms with E-state index in [9.17, 15) is 23.1 Å². The normalized spacial score (nSPS) is 13.0. The zero-order valence-corrected chi connectivity index (χ0v) is 12.1. The van der Waals surface area contributed by atoms with Crippen molar-refractivity contribution in [2.45, 2.75) is 12.3 Å². The highest BCUT2D eigenvalue weighted by molar-refractivity contribution is 6.35. The molecule has 1 atom stereocenters. The Morgan fingerprint density at radius 2 is 2.05 bits per heavy atom. The predicted octanol–water partition coefficient (Wildman–Crippen LogP) is 2.72. The van der Waals surface area contributed by atoms with Gasteiger partial charge in [0.25, 0.3) is 0 Å². The van der Waals surface area contributed by atoms with E-state index in [4.69, 9.17) is 23.2 Å². The summed E-state index contributed by atoms with van der Waals surface area (Å²) in [7, 11) is 0. The summed E-state index contributed by atoms with van der Waals surface area (Å²) in [5.74, 6) is -0.775. The molecule has 0 aromatic heterocycles. The van der Waals surface area contributed by atoms with Crippen LogP contribution in [0.4, 0.5) is 13.2 Å². The van der Waals surface area contributed by atoms with E-state index < -0.39 is 31.4 Å². The second-order valence-corrected chi connectivity index (χ2v) is 4.94. The summed E-state index contributed by atoms with van der Waals surface area (Å²) < 4.78 is 39.6. The molecule has 0 saturated carbocycles. The van der Waals surface area contributed by atoms with Crippen molar-refractivity contribution < 1.29 is 27.8 Å². The Kier molecular flexibility index (Phi) is 6.73. The minimum atomic E-state index is -4.49. The summed E-state index contributed by atoms with van der Waals surface area (Å²) in [6, 6.07) is 4.43. The lowest BCUT2D eigenvalue weighted by atomic mass is 10.1. The summed E-state index contributed by atoms with van der Waals surface area (Å²) in [6.07, 6.45) is -5.60. The Morgan fingerprint density at radius 3 is 2.62 bits per heavy atom. The average Bonchev–Trinajstić information content (AvgIpc) is 2.34. The van der Waals surface area contributed by atoms with Gasteiger partial charge in [-0.1, -0.05) is 29.3 Å². The number of halogens is 5. The summed E-state index contributed by atoms with van der Waals surface area (Å²) in [5.41, 5.74) is 0.345. The first-order valence-corrected chi connectivity index (χ1v) is 6.49. The van der Waals surface area contributed by atoms with E-state index in [0.29, 0.717) is 10.6 Å². The molecule has 1 amide bonds. The number of aliphatic hydroxyl groups is 1. The molecule has 0 aliphatic carbocycles. The number of nitrogens with one attached hydrogen (secondary N) is 1. The molecule has 0 bridgehead atoms. The van der Waals surface area contributed by atoms with Crippen molar-refractivity contribution in [3.05, 3.63) is 33.8 Å². The van der Waals surface area contributed by atoms with Crippen LogP contribution in [-0.4, -0.2) is 36.9 Å². The van der Waals surface area contributed by atoms with Gasteiger partial charge in [0.2, 0.25) is 5.91 Å². The van der Waals surface area contributed by atoms with Crippen molar-refractivity contribution in [1.82, 2.24) is 5.32 Å². The third-order valence-electron chi connectivity index (χ3n) is 2.31. The number of aliphatic hydroxyl groups excluding tert-OH is 1. The molecule has 2 N–H and O–H groups in total. The fourth-order valence-electron chi connectivity index (χ4n) is 1.40. The number of alkyl halides is 3. The maximum absolute atomic E-state index is 11.8. The first-order chi connectivity index (χ1) is 9.69. The van der Waals surface area contributed by atoms with Crippen LogP contribution in [0.25, 0.3) is 0 Å². The van der Waals surface area contributed by atoms with Gasteiger partial charge in [-0.3, -0.25) is 4.79 Å². The molecule has 1 aromatic rings. The third-order valence-corrected chi connectivity index (χ3v) is 2.88. The van der Waals surface area contributed by atoms with Gasteiger partial charge in [0, 0.05) is 22.2 Å². The lowest BCUT2D eigenvalue weighted by Gasteiger charge is -2.14. The maximum Gasteiger partial charge on any atom is 0.411 e. The second kappa shape index (κ2) is 7.84. The summed E-state index contributed by atoms with van der Waals surface area (Å²) in [6.45, 7) is -2.47. The Morgan fingerprint density at radius 1 is 1.38 bits per heavy atom. The number of benzene rings is 1. The lowest BCUT2D eigenvalue weighted by Crippen LogP contribution is -2.32. The van der Waals surface area contributed by atoms with Gasteiger partial charge < -0.3 is 15.2 Å². The molecule has 1 aromatic carbocycles. The van der Waals surface area contributed by atoms with Gasteiger partial charge >= 0.3 is 6.18 Å². The van der Waals surface area contributed by atoms with E-state index in [2.05, 4.69) is 10.1 Å². The molecule has 4 nitrogen and oxygen atoms in total. The zero-order valence-electron chi connectivity index (χ0n) is 10.6. The molecule has 21 heavy (non-hydrogen) atoms. The summed E-state index contributed by atoms with van der Waals surface area (Å²) in [4.78, 5) is 11.2. The Hall–Kier alpha value is -1.02. The number of ether oxygens (including phenoxy) is 1. The Balaban J connectivity index is 2.38. The van der Waals surface area contributed by atoms with E-state index in [1.54, 1.807) is 0 Å². The van der Waals surface area contributed by atoms with Crippen LogP contribution >= 0.6 is 23.2 Å². The highest BCUT2D eigenvalue weighted by Crippen LogP contribution is 2.25. The van der Waals surface area contributed by atoms with Gasteiger partial charge in [-0.15, -0.1) is 0 Å². The quantitative estimate of drug-likeness (QED) is 0.833. The molecule has 0 heterocycles. The minimum Gasteiger partial charge on any atom is -0.387 e. The fraction of sp³-hybridized carbons (Fsp3) is 0.417. The number of rotatable bonds is 6. The van der Waals surface area contributed by atoms with E-state index in [-0.39, 0.29) is 11.6 Å². The van der Waals surface area contributed by atoms with Crippen LogP contribution in [0.2, 0.25) is 10.0 Å². The van der Waals surface area contributed by atoms with Crippen molar-refractivity contribution >= 4 is 29.1 Å². The average molecular weight is 346 g/mol. The SMILES string of the molecule is O=C(COCC(F)(F)F)NC[C@H](O)c1ccc(Cl)cc1Cl. The van der Waals surface area contributed by atoms with Gasteiger partial charge in [-0.05, 0) is 12.1 Å². The van der Waals surface area contributed by atoms with Gasteiger partial charge in [0.05, 0.1) is 6.10 Å². The van der Waals surface area contributed by atoms with Gasteiger partial charge in [-0.25, -0.2) is 0 Å². The first kappa shape index (κ1) is 18.0. The zero-order chi connectivity index (χ0) is 16.0. The van der Waals surface area contributed by atoms with E-state index in [0.717, 1.165) is 0 Å². The molecular weight excluding hydrogens is 334 g/mol. The van der Waals surface area contributed by atoms with Gasteiger partial charge in [-0.2, -0.15) is 13.2 Å². The molecular formula is C12H12Cl2F3NO3. The standard InChI is InChI=1S/C12H12Cl2F3NO3/c13-7-1-2-8(9(14)3-7)10(19)4-18-11(20)5-21-6-12(15,16)17/h1-3,10,19H,4-6H2,(H,18,20)/t10-/m0/s1. The molecule has 0 radical (unpaired) electrons. The van der Waals surface area contributed by atoms with Crippen molar-refractivity contribution in [2.24, 2.45) is 0 Å². The van der Waals surface area contributed by atoms with Crippen LogP contribution in [0, 0.1) is 0 Å². The topological polar surface area (TPSA) is 58.6 Å². The maximum atomic E-state index is 11.8. The molecule has 0 unspecified atom stereocenters. The highest BCUT2D eigenvalue weighted by atomic mass is 35.5. The fourth-order valence-corrected chi connectivity index (χ4v) is 1.94. The van der Waals surface area contributed by atoms with Crippen molar-refractivity contribution in [3.63, 3.8) is 0 Å². The predicted molar refractivity (Wildman–Crippen MR) is 71.3 cm³/mol.